The van der Waals surface area contributed by atoms with Crippen molar-refractivity contribution in [3.8, 4) is 0 Å². The van der Waals surface area contributed by atoms with Crippen LogP contribution in [0.25, 0.3) is 0 Å². The Morgan fingerprint density at radius 3 is 1.64 bits per heavy atom. The molecule has 0 N–H and O–H groups in total. The van der Waals surface area contributed by atoms with E-state index in [0.717, 1.165) is 6.42 Å². The van der Waals surface area contributed by atoms with Gasteiger partial charge in [0.2, 0.25) is 0 Å². The summed E-state index contributed by atoms with van der Waals surface area (Å²) in [6, 6.07) is 10.0. The molecule has 60 valence electrons. The van der Waals surface area contributed by atoms with Gasteiger partial charge in [0.15, 0.2) is 0 Å². The second kappa shape index (κ2) is 7.43. The Labute approximate surface area is 77.9 Å². The van der Waals surface area contributed by atoms with Crippen molar-refractivity contribution < 1.29 is 16.5 Å². The SMILES string of the molecule is C1=CCC=C1.[Ni+2].c1cc[cH-]c1. The summed E-state index contributed by atoms with van der Waals surface area (Å²) in [6.45, 7) is 0. The molecule has 0 radical (unpaired) electrons. The van der Waals surface area contributed by atoms with Crippen LogP contribution >= 0.6 is 0 Å². The fourth-order valence-corrected chi connectivity index (χ4v) is 0.714. The average Bonchev–Trinajstić information content (AvgIpc) is 2.67. The zero-order chi connectivity index (χ0) is 7.07. The predicted molar refractivity (Wildman–Crippen MR) is 44.9 cm³/mol. The van der Waals surface area contributed by atoms with Crippen molar-refractivity contribution >= 4 is 0 Å². The summed E-state index contributed by atoms with van der Waals surface area (Å²) in [5, 5.41) is 0. The number of hydrogen-bond donors (Lipinski definition) is 0. The Morgan fingerprint density at radius 1 is 0.909 bits per heavy atom. The number of rotatable bonds is 0. The van der Waals surface area contributed by atoms with Crippen LogP contribution in [0.1, 0.15) is 6.42 Å². The van der Waals surface area contributed by atoms with Crippen molar-refractivity contribution in [2.24, 2.45) is 0 Å². The van der Waals surface area contributed by atoms with E-state index in [1.807, 2.05) is 30.3 Å². The van der Waals surface area contributed by atoms with E-state index in [1.54, 1.807) is 0 Å². The van der Waals surface area contributed by atoms with Crippen LogP contribution in [-0.4, -0.2) is 0 Å². The van der Waals surface area contributed by atoms with Crippen LogP contribution in [0, 0.1) is 0 Å². The molecule has 1 aliphatic rings. The first-order chi connectivity index (χ1) is 5.00. The molecule has 0 aromatic heterocycles. The van der Waals surface area contributed by atoms with E-state index >= 15 is 0 Å². The van der Waals surface area contributed by atoms with Gasteiger partial charge in [0.05, 0.1) is 0 Å². The Morgan fingerprint density at radius 2 is 1.45 bits per heavy atom. The summed E-state index contributed by atoms with van der Waals surface area (Å²) >= 11 is 0. The van der Waals surface area contributed by atoms with Gasteiger partial charge in [0.1, 0.15) is 0 Å². The number of hydrogen-bond acceptors (Lipinski definition) is 0. The fourth-order valence-electron chi connectivity index (χ4n) is 0.714. The van der Waals surface area contributed by atoms with Gasteiger partial charge in [-0.15, -0.1) is 0 Å². The first-order valence-corrected chi connectivity index (χ1v) is 3.48. The van der Waals surface area contributed by atoms with E-state index in [0.29, 0.717) is 0 Å². The molecule has 1 aromatic carbocycles. The van der Waals surface area contributed by atoms with Crippen LogP contribution in [0.15, 0.2) is 54.6 Å². The van der Waals surface area contributed by atoms with Gasteiger partial charge in [-0.2, -0.15) is 18.2 Å². The molecule has 0 unspecified atom stereocenters. The molecule has 0 spiro atoms. The third kappa shape index (κ3) is 5.75. The smallest absolute Gasteiger partial charge is 0.214 e. The van der Waals surface area contributed by atoms with Gasteiger partial charge in [-0.05, 0) is 6.42 Å². The Balaban J connectivity index is 0.000000167. The summed E-state index contributed by atoms with van der Waals surface area (Å²) in [5.41, 5.74) is 0. The first kappa shape index (κ1) is 10.3. The van der Waals surface area contributed by atoms with E-state index in [4.69, 9.17) is 0 Å². The van der Waals surface area contributed by atoms with E-state index < -0.39 is 0 Å². The van der Waals surface area contributed by atoms with Crippen LogP contribution in [0.3, 0.4) is 0 Å². The molecule has 0 saturated heterocycles. The zero-order valence-electron chi connectivity index (χ0n) is 6.22. The minimum absolute atomic E-state index is 0. The van der Waals surface area contributed by atoms with Crippen molar-refractivity contribution in [3.63, 3.8) is 0 Å². The average molecular weight is 190 g/mol. The van der Waals surface area contributed by atoms with Gasteiger partial charge in [0.25, 0.3) is 0 Å². The minimum atomic E-state index is 0. The molecular weight excluding hydrogens is 179 g/mol. The molecule has 0 bridgehead atoms. The van der Waals surface area contributed by atoms with Gasteiger partial charge >= 0.3 is 16.5 Å². The number of allylic oxidation sites excluding steroid dienone is 4. The van der Waals surface area contributed by atoms with Gasteiger partial charge in [-0.1, -0.05) is 24.3 Å². The largest absolute Gasteiger partial charge is 2.00 e. The van der Waals surface area contributed by atoms with Gasteiger partial charge in [0, 0.05) is 0 Å². The molecule has 1 heteroatoms. The zero-order valence-corrected chi connectivity index (χ0v) is 7.21. The third-order valence-electron chi connectivity index (χ3n) is 1.21. The molecule has 1 aromatic rings. The van der Waals surface area contributed by atoms with Crippen molar-refractivity contribution in [2.45, 2.75) is 6.42 Å². The molecule has 0 saturated carbocycles. The van der Waals surface area contributed by atoms with Crippen LogP contribution < -0.4 is 0 Å². The van der Waals surface area contributed by atoms with Gasteiger partial charge in [-0.3, -0.25) is 0 Å². The Bertz CT molecular complexity index is 167. The normalized spacial score (nSPS) is 11.6. The van der Waals surface area contributed by atoms with E-state index in [-0.39, 0.29) is 16.5 Å². The molecule has 1 aliphatic carbocycles. The molecule has 0 fully saturated rings. The fraction of sp³-hybridized carbons (Fsp3) is 0.100. The van der Waals surface area contributed by atoms with Crippen molar-refractivity contribution in [1.82, 2.24) is 0 Å². The van der Waals surface area contributed by atoms with Crippen LogP contribution in [-0.2, 0) is 16.5 Å². The Kier molecular flexibility index (Phi) is 6.97. The van der Waals surface area contributed by atoms with Gasteiger partial charge < -0.3 is 0 Å². The molecular formula is C10H11Ni+. The quantitative estimate of drug-likeness (QED) is 0.435. The summed E-state index contributed by atoms with van der Waals surface area (Å²) in [7, 11) is 0. The third-order valence-corrected chi connectivity index (χ3v) is 1.21. The maximum absolute atomic E-state index is 2.12. The summed E-state index contributed by atoms with van der Waals surface area (Å²) in [4.78, 5) is 0. The molecule has 0 aliphatic heterocycles. The van der Waals surface area contributed by atoms with Gasteiger partial charge in [-0.25, -0.2) is 12.1 Å². The van der Waals surface area contributed by atoms with E-state index in [1.165, 1.54) is 0 Å². The predicted octanol–water partition coefficient (Wildman–Crippen LogP) is 2.91. The topological polar surface area (TPSA) is 0 Å². The molecule has 0 atom stereocenters. The van der Waals surface area contributed by atoms with Crippen molar-refractivity contribution in [3.05, 3.63) is 54.6 Å². The standard InChI is InChI=1S/C5H6.C5H5.Ni/c2*1-2-4-5-3-1;/h1-4H,5H2;1-5H;/q;-1;+2. The second-order valence-electron chi connectivity index (χ2n) is 2.05. The maximum atomic E-state index is 2.12. The Hall–Kier alpha value is -0.676. The van der Waals surface area contributed by atoms with Crippen LogP contribution in [0.2, 0.25) is 0 Å². The van der Waals surface area contributed by atoms with E-state index in [2.05, 4.69) is 24.3 Å². The second-order valence-corrected chi connectivity index (χ2v) is 2.05. The van der Waals surface area contributed by atoms with Crippen molar-refractivity contribution in [1.29, 1.82) is 0 Å². The van der Waals surface area contributed by atoms with Crippen molar-refractivity contribution in [2.75, 3.05) is 0 Å². The molecule has 0 heterocycles. The molecule has 2 rings (SSSR count). The summed E-state index contributed by atoms with van der Waals surface area (Å²) in [6.07, 6.45) is 9.50. The molecule has 0 amide bonds. The summed E-state index contributed by atoms with van der Waals surface area (Å²) in [5.74, 6) is 0. The minimum Gasteiger partial charge on any atom is -0.214 e. The summed E-state index contributed by atoms with van der Waals surface area (Å²) < 4.78 is 0. The van der Waals surface area contributed by atoms with Crippen LogP contribution in [0.5, 0.6) is 0 Å². The monoisotopic (exact) mass is 189 g/mol. The first-order valence-electron chi connectivity index (χ1n) is 3.48. The van der Waals surface area contributed by atoms with Crippen LogP contribution in [0.4, 0.5) is 0 Å². The molecule has 11 heavy (non-hydrogen) atoms. The maximum Gasteiger partial charge on any atom is 2.00 e. The van der Waals surface area contributed by atoms with E-state index in [9.17, 15) is 0 Å². The molecule has 0 nitrogen and oxygen atoms in total.